The molecule has 19 heavy (non-hydrogen) atoms. The lowest BCUT2D eigenvalue weighted by Crippen LogP contribution is -2.61. The van der Waals surface area contributed by atoms with E-state index in [9.17, 15) is 14.9 Å². The molecular weight excluding hydrogens is 274 g/mol. The van der Waals surface area contributed by atoms with E-state index in [4.69, 9.17) is 11.6 Å². The van der Waals surface area contributed by atoms with Crippen LogP contribution in [-0.2, 0) is 0 Å². The first-order valence-electron chi connectivity index (χ1n) is 5.54. The van der Waals surface area contributed by atoms with E-state index < -0.39 is 4.92 Å². The third-order valence-corrected chi connectivity index (χ3v) is 2.96. The maximum Gasteiger partial charge on any atom is 0.314 e. The molecule has 0 aliphatic carbocycles. The topological polar surface area (TPSA) is 100 Å². The van der Waals surface area contributed by atoms with E-state index >= 15 is 0 Å². The molecule has 0 bridgehead atoms. The van der Waals surface area contributed by atoms with Gasteiger partial charge in [0.25, 0.3) is 0 Å². The van der Waals surface area contributed by atoms with Crippen LogP contribution in [0.15, 0.2) is 12.3 Å². The lowest BCUT2D eigenvalue weighted by Gasteiger charge is -2.39. The average molecular weight is 286 g/mol. The van der Waals surface area contributed by atoms with Crippen molar-refractivity contribution >= 4 is 29.1 Å². The monoisotopic (exact) mass is 285 g/mol. The van der Waals surface area contributed by atoms with Gasteiger partial charge < -0.3 is 15.5 Å². The Morgan fingerprint density at radius 3 is 2.89 bits per heavy atom. The maximum absolute atomic E-state index is 11.1. The van der Waals surface area contributed by atoms with Crippen LogP contribution in [0.2, 0.25) is 5.02 Å². The highest BCUT2D eigenvalue weighted by molar-refractivity contribution is 6.30. The number of carbonyl (C=O) groups excluding carboxylic acids is 1. The van der Waals surface area contributed by atoms with Crippen LogP contribution in [0.25, 0.3) is 0 Å². The Labute approximate surface area is 113 Å². The molecule has 8 nitrogen and oxygen atoms in total. The first-order chi connectivity index (χ1) is 9.01. The number of carbonyl (C=O) groups is 1. The van der Waals surface area contributed by atoms with Crippen LogP contribution < -0.4 is 15.5 Å². The molecule has 1 aromatic rings. The number of amides is 2. The van der Waals surface area contributed by atoms with Gasteiger partial charge in [0.05, 0.1) is 16.0 Å². The van der Waals surface area contributed by atoms with Gasteiger partial charge in [0.2, 0.25) is 5.82 Å². The van der Waals surface area contributed by atoms with Crippen molar-refractivity contribution in [1.82, 2.24) is 15.6 Å². The number of nitrogens with one attached hydrogen (secondary N) is 2. The molecule has 1 fully saturated rings. The molecule has 1 aliphatic rings. The summed E-state index contributed by atoms with van der Waals surface area (Å²) in [6.07, 6.45) is 1.36. The summed E-state index contributed by atoms with van der Waals surface area (Å²) in [4.78, 5) is 27.2. The van der Waals surface area contributed by atoms with Gasteiger partial charge in [0.1, 0.15) is 0 Å². The van der Waals surface area contributed by atoms with Gasteiger partial charge in [-0.25, -0.2) is 9.78 Å². The molecule has 2 rings (SSSR count). The molecule has 0 aromatic carbocycles. The summed E-state index contributed by atoms with van der Waals surface area (Å²) < 4.78 is 0. The number of rotatable bonds is 3. The lowest BCUT2D eigenvalue weighted by atomic mass is 10.1. The zero-order chi connectivity index (χ0) is 14.0. The Morgan fingerprint density at radius 1 is 1.63 bits per heavy atom. The van der Waals surface area contributed by atoms with Crippen molar-refractivity contribution in [2.45, 2.75) is 6.04 Å². The molecule has 0 spiro atoms. The fraction of sp³-hybridized carbons (Fsp3) is 0.400. The SMILES string of the molecule is CNC(=O)NC1CN(c2ncc(Cl)cc2[N+](=O)[O-])C1. The van der Waals surface area contributed by atoms with E-state index in [2.05, 4.69) is 15.6 Å². The van der Waals surface area contributed by atoms with E-state index in [0.717, 1.165) is 0 Å². The molecule has 102 valence electrons. The summed E-state index contributed by atoms with van der Waals surface area (Å²) in [5, 5.41) is 16.3. The second kappa shape index (κ2) is 5.27. The Morgan fingerprint density at radius 2 is 2.32 bits per heavy atom. The molecular formula is C10H12ClN5O3. The molecule has 2 amide bonds. The Balaban J connectivity index is 2.05. The number of nitrogens with zero attached hydrogens (tertiary/aromatic N) is 3. The van der Waals surface area contributed by atoms with Crippen LogP contribution in [0, 0.1) is 10.1 Å². The van der Waals surface area contributed by atoms with E-state index in [1.807, 2.05) is 0 Å². The van der Waals surface area contributed by atoms with Crippen LogP contribution in [0.1, 0.15) is 0 Å². The molecule has 2 N–H and O–H groups in total. The minimum absolute atomic E-state index is 0.0444. The third-order valence-electron chi connectivity index (χ3n) is 2.75. The van der Waals surface area contributed by atoms with Crippen molar-refractivity contribution in [2.24, 2.45) is 0 Å². The van der Waals surface area contributed by atoms with Crippen LogP contribution in [0.5, 0.6) is 0 Å². The molecule has 9 heteroatoms. The Bertz CT molecular complexity index is 518. The van der Waals surface area contributed by atoms with Crippen molar-refractivity contribution < 1.29 is 9.72 Å². The number of hydrogen-bond acceptors (Lipinski definition) is 5. The molecule has 0 radical (unpaired) electrons. The van der Waals surface area contributed by atoms with Crippen molar-refractivity contribution in [3.05, 3.63) is 27.4 Å². The van der Waals surface area contributed by atoms with Gasteiger partial charge in [-0.15, -0.1) is 0 Å². The standard InChI is InChI=1S/C10H12ClN5O3/c1-12-10(17)14-7-4-15(5-7)9-8(16(18)19)2-6(11)3-13-9/h2-3,7H,4-5H2,1H3,(H2,12,14,17). The molecule has 1 aliphatic heterocycles. The predicted molar refractivity (Wildman–Crippen MR) is 69.5 cm³/mol. The van der Waals surface area contributed by atoms with Crippen LogP contribution >= 0.6 is 11.6 Å². The number of hydrogen-bond donors (Lipinski definition) is 2. The number of halogens is 1. The van der Waals surface area contributed by atoms with Crippen LogP contribution in [-0.4, -0.2) is 42.1 Å². The molecule has 0 saturated carbocycles. The normalized spacial score (nSPS) is 14.7. The van der Waals surface area contributed by atoms with Gasteiger partial charge in [0, 0.05) is 32.4 Å². The van der Waals surface area contributed by atoms with E-state index in [1.165, 1.54) is 19.3 Å². The minimum atomic E-state index is -0.520. The van der Waals surface area contributed by atoms with Crippen molar-refractivity contribution in [3.63, 3.8) is 0 Å². The van der Waals surface area contributed by atoms with Crippen LogP contribution in [0.4, 0.5) is 16.3 Å². The van der Waals surface area contributed by atoms with E-state index in [-0.39, 0.29) is 28.6 Å². The maximum atomic E-state index is 11.1. The second-order valence-electron chi connectivity index (χ2n) is 4.08. The largest absolute Gasteiger partial charge is 0.347 e. The summed E-state index contributed by atoms with van der Waals surface area (Å²) in [7, 11) is 1.53. The summed E-state index contributed by atoms with van der Waals surface area (Å²) in [6, 6.07) is 0.948. The highest BCUT2D eigenvalue weighted by Gasteiger charge is 2.33. The van der Waals surface area contributed by atoms with Crippen molar-refractivity contribution in [2.75, 3.05) is 25.0 Å². The average Bonchev–Trinajstić information content (AvgIpc) is 2.33. The fourth-order valence-corrected chi connectivity index (χ4v) is 1.95. The second-order valence-corrected chi connectivity index (χ2v) is 4.52. The number of urea groups is 1. The number of aromatic nitrogens is 1. The highest BCUT2D eigenvalue weighted by Crippen LogP contribution is 2.30. The third kappa shape index (κ3) is 2.84. The predicted octanol–water partition coefficient (Wildman–Crippen LogP) is 0.761. The van der Waals surface area contributed by atoms with E-state index in [1.54, 1.807) is 4.90 Å². The molecule has 1 aromatic heterocycles. The summed E-state index contributed by atoms with van der Waals surface area (Å²) in [5.41, 5.74) is -0.133. The number of nitro groups is 1. The number of pyridine rings is 1. The molecule has 0 atom stereocenters. The summed E-state index contributed by atoms with van der Waals surface area (Å²) >= 11 is 5.69. The Kier molecular flexibility index (Phi) is 3.70. The number of anilines is 1. The minimum Gasteiger partial charge on any atom is -0.347 e. The first-order valence-corrected chi connectivity index (χ1v) is 5.92. The highest BCUT2D eigenvalue weighted by atomic mass is 35.5. The fourth-order valence-electron chi connectivity index (χ4n) is 1.80. The Hall–Kier alpha value is -2.09. The van der Waals surface area contributed by atoms with Gasteiger partial charge in [0.15, 0.2) is 0 Å². The van der Waals surface area contributed by atoms with E-state index in [0.29, 0.717) is 13.1 Å². The first kappa shape index (κ1) is 13.3. The summed E-state index contributed by atoms with van der Waals surface area (Å²) in [5.74, 6) is 0.268. The molecule has 0 unspecified atom stereocenters. The smallest absolute Gasteiger partial charge is 0.314 e. The zero-order valence-corrected chi connectivity index (χ0v) is 10.8. The van der Waals surface area contributed by atoms with Gasteiger partial charge >= 0.3 is 11.7 Å². The van der Waals surface area contributed by atoms with Gasteiger partial charge in [-0.2, -0.15) is 0 Å². The molecule has 2 heterocycles. The van der Waals surface area contributed by atoms with Crippen LogP contribution in [0.3, 0.4) is 0 Å². The van der Waals surface area contributed by atoms with Gasteiger partial charge in [-0.1, -0.05) is 11.6 Å². The van der Waals surface area contributed by atoms with Crippen molar-refractivity contribution in [3.8, 4) is 0 Å². The van der Waals surface area contributed by atoms with Gasteiger partial charge in [-0.05, 0) is 0 Å². The van der Waals surface area contributed by atoms with Crippen molar-refractivity contribution in [1.29, 1.82) is 0 Å². The zero-order valence-electron chi connectivity index (χ0n) is 10.1. The van der Waals surface area contributed by atoms with Gasteiger partial charge in [-0.3, -0.25) is 10.1 Å². The molecule has 1 saturated heterocycles. The lowest BCUT2D eigenvalue weighted by molar-refractivity contribution is -0.384. The summed E-state index contributed by atoms with van der Waals surface area (Å²) in [6.45, 7) is 0.950. The quantitative estimate of drug-likeness (QED) is 0.631.